The molecule has 0 saturated carbocycles. The van der Waals surface area contributed by atoms with Crippen LogP contribution in [0.5, 0.6) is 0 Å². The minimum absolute atomic E-state index is 0.140. The summed E-state index contributed by atoms with van der Waals surface area (Å²) < 4.78 is 32.6. The molecule has 0 unspecified atom stereocenters. The van der Waals surface area contributed by atoms with Gasteiger partial charge < -0.3 is 28.4 Å². The van der Waals surface area contributed by atoms with Crippen molar-refractivity contribution >= 4 is 0 Å². The highest BCUT2D eigenvalue weighted by atomic mass is 16.6. The molecule has 20 heavy (non-hydrogen) atoms. The third-order valence-corrected chi connectivity index (χ3v) is 3.47. The lowest BCUT2D eigenvalue weighted by Gasteiger charge is -2.28. The fourth-order valence-corrected chi connectivity index (χ4v) is 1.93. The van der Waals surface area contributed by atoms with Gasteiger partial charge in [0.2, 0.25) is 0 Å². The van der Waals surface area contributed by atoms with Gasteiger partial charge in [0.05, 0.1) is 59.5 Å². The summed E-state index contributed by atoms with van der Waals surface area (Å²) in [4.78, 5) is 0. The zero-order chi connectivity index (χ0) is 13.8. The summed E-state index contributed by atoms with van der Waals surface area (Å²) >= 11 is 0. The van der Waals surface area contributed by atoms with E-state index in [0.29, 0.717) is 58.0 Å². The zero-order valence-electron chi connectivity index (χ0n) is 12.0. The van der Waals surface area contributed by atoms with Gasteiger partial charge in [-0.2, -0.15) is 0 Å². The molecule has 0 aromatic heterocycles. The molecule has 0 radical (unpaired) electrons. The topological polar surface area (TPSA) is 65.3 Å². The predicted molar refractivity (Wildman–Crippen MR) is 69.8 cm³/mol. The van der Waals surface area contributed by atoms with E-state index in [9.17, 15) is 0 Å². The molecule has 3 heterocycles. The van der Waals surface area contributed by atoms with E-state index in [-0.39, 0.29) is 5.41 Å². The predicted octanol–water partition coefficient (Wildman–Crippen LogP) is 0.239. The summed E-state index contributed by atoms with van der Waals surface area (Å²) in [6, 6.07) is 0. The van der Waals surface area contributed by atoms with Gasteiger partial charge in [-0.1, -0.05) is 6.92 Å². The van der Waals surface area contributed by atoms with E-state index in [2.05, 4.69) is 6.92 Å². The van der Waals surface area contributed by atoms with Gasteiger partial charge in [-0.3, -0.25) is 0 Å². The fraction of sp³-hybridized carbons (Fsp3) is 1.00. The van der Waals surface area contributed by atoms with Gasteiger partial charge in [-0.25, -0.2) is 0 Å². The average molecular weight is 288 g/mol. The highest BCUT2D eigenvalue weighted by Gasteiger charge is 2.31. The maximum absolute atomic E-state index is 5.72. The first-order valence-corrected chi connectivity index (χ1v) is 7.32. The molecule has 3 rings (SSSR count). The zero-order valence-corrected chi connectivity index (χ0v) is 12.0. The molecule has 0 aliphatic carbocycles. The standard InChI is InChI=1S/C14H24O6/c1-14(8-15-2-11-5-18-11,9-16-3-12-6-19-12)10-17-4-13-7-20-13/h11-13H,2-10H2,1H3/t11-,12-,13+/m0/s1. The monoisotopic (exact) mass is 288 g/mol. The lowest BCUT2D eigenvalue weighted by Crippen LogP contribution is -2.35. The molecule has 6 heteroatoms. The van der Waals surface area contributed by atoms with Crippen molar-refractivity contribution < 1.29 is 28.4 Å². The van der Waals surface area contributed by atoms with E-state index in [4.69, 9.17) is 28.4 Å². The van der Waals surface area contributed by atoms with Crippen molar-refractivity contribution in [2.75, 3.05) is 59.5 Å². The lowest BCUT2D eigenvalue weighted by molar-refractivity contribution is -0.0650. The van der Waals surface area contributed by atoms with Crippen LogP contribution in [0.1, 0.15) is 6.92 Å². The summed E-state index contributed by atoms with van der Waals surface area (Å²) in [6.45, 7) is 8.42. The Morgan fingerprint density at radius 1 is 0.750 bits per heavy atom. The Balaban J connectivity index is 1.35. The molecule has 3 atom stereocenters. The number of ether oxygens (including phenoxy) is 6. The number of rotatable bonds is 12. The van der Waals surface area contributed by atoms with Crippen LogP contribution >= 0.6 is 0 Å². The maximum Gasteiger partial charge on any atom is 0.104 e. The second kappa shape index (κ2) is 6.68. The van der Waals surface area contributed by atoms with Gasteiger partial charge in [0.25, 0.3) is 0 Å². The molecule has 3 aliphatic rings. The highest BCUT2D eigenvalue weighted by molar-refractivity contribution is 4.77. The third kappa shape index (κ3) is 5.63. The molecule has 0 aromatic rings. The van der Waals surface area contributed by atoms with Gasteiger partial charge in [-0.15, -0.1) is 0 Å². The molecule has 0 spiro atoms. The molecular formula is C14H24O6. The first-order valence-electron chi connectivity index (χ1n) is 7.32. The highest BCUT2D eigenvalue weighted by Crippen LogP contribution is 2.22. The third-order valence-electron chi connectivity index (χ3n) is 3.47. The van der Waals surface area contributed by atoms with Crippen LogP contribution in [0.3, 0.4) is 0 Å². The van der Waals surface area contributed by atoms with Gasteiger partial charge >= 0.3 is 0 Å². The number of hydrogen-bond acceptors (Lipinski definition) is 6. The van der Waals surface area contributed by atoms with E-state index >= 15 is 0 Å². The molecule has 3 fully saturated rings. The summed E-state index contributed by atoms with van der Waals surface area (Å²) in [5.41, 5.74) is -0.140. The van der Waals surface area contributed by atoms with Crippen LogP contribution in [-0.4, -0.2) is 77.8 Å². The molecule has 6 nitrogen and oxygen atoms in total. The van der Waals surface area contributed by atoms with Gasteiger partial charge in [-0.05, 0) is 0 Å². The first-order chi connectivity index (χ1) is 9.73. The van der Waals surface area contributed by atoms with Crippen LogP contribution in [-0.2, 0) is 28.4 Å². The Labute approximate surface area is 119 Å². The van der Waals surface area contributed by atoms with E-state index in [1.165, 1.54) is 0 Å². The van der Waals surface area contributed by atoms with Crippen LogP contribution in [0.25, 0.3) is 0 Å². The molecule has 0 N–H and O–H groups in total. The largest absolute Gasteiger partial charge is 0.378 e. The minimum Gasteiger partial charge on any atom is -0.378 e. The summed E-state index contributed by atoms with van der Waals surface area (Å²) in [5.74, 6) is 0. The summed E-state index contributed by atoms with van der Waals surface area (Å²) in [6.07, 6.45) is 0.877. The van der Waals surface area contributed by atoms with Crippen LogP contribution in [0.15, 0.2) is 0 Å². The van der Waals surface area contributed by atoms with Crippen molar-refractivity contribution in [2.45, 2.75) is 25.2 Å². The molecule has 3 saturated heterocycles. The van der Waals surface area contributed by atoms with E-state index < -0.39 is 0 Å². The summed E-state index contributed by atoms with van der Waals surface area (Å²) in [7, 11) is 0. The van der Waals surface area contributed by atoms with Crippen molar-refractivity contribution in [3.8, 4) is 0 Å². The number of hydrogen-bond donors (Lipinski definition) is 0. The molecule has 3 aliphatic heterocycles. The Bertz CT molecular complexity index is 252. The molecular weight excluding hydrogens is 264 g/mol. The summed E-state index contributed by atoms with van der Waals surface area (Å²) in [5, 5.41) is 0. The molecule has 116 valence electrons. The van der Waals surface area contributed by atoms with Gasteiger partial charge in [0.15, 0.2) is 0 Å². The van der Waals surface area contributed by atoms with Crippen molar-refractivity contribution in [3.63, 3.8) is 0 Å². The quantitative estimate of drug-likeness (QED) is 0.479. The van der Waals surface area contributed by atoms with E-state index in [0.717, 1.165) is 19.8 Å². The van der Waals surface area contributed by atoms with Crippen LogP contribution in [0.2, 0.25) is 0 Å². The maximum atomic E-state index is 5.72. The van der Waals surface area contributed by atoms with Gasteiger partial charge in [0, 0.05) is 5.41 Å². The van der Waals surface area contributed by atoms with E-state index in [1.54, 1.807) is 0 Å². The fourth-order valence-electron chi connectivity index (χ4n) is 1.93. The van der Waals surface area contributed by atoms with Crippen molar-refractivity contribution in [3.05, 3.63) is 0 Å². The molecule has 0 amide bonds. The SMILES string of the molecule is CC(COC[C@@H]1CO1)(COC[C@H]1CO1)COC[C@H]1CO1. The second-order valence-electron chi connectivity index (χ2n) is 6.22. The number of epoxide rings is 3. The van der Waals surface area contributed by atoms with Gasteiger partial charge in [0.1, 0.15) is 18.3 Å². The second-order valence-corrected chi connectivity index (χ2v) is 6.22. The van der Waals surface area contributed by atoms with E-state index in [1.807, 2.05) is 0 Å². The Hall–Kier alpha value is -0.240. The minimum atomic E-state index is -0.140. The van der Waals surface area contributed by atoms with Crippen LogP contribution in [0, 0.1) is 5.41 Å². The average Bonchev–Trinajstić information content (AvgIpc) is 3.24. The smallest absolute Gasteiger partial charge is 0.104 e. The molecule has 0 aromatic carbocycles. The normalized spacial score (nSPS) is 31.4. The van der Waals surface area contributed by atoms with Crippen molar-refractivity contribution in [2.24, 2.45) is 5.41 Å². The van der Waals surface area contributed by atoms with Crippen LogP contribution < -0.4 is 0 Å². The first kappa shape index (κ1) is 14.7. The Morgan fingerprint density at radius 2 is 1.05 bits per heavy atom. The lowest BCUT2D eigenvalue weighted by atomic mass is 9.94. The van der Waals surface area contributed by atoms with Crippen LogP contribution in [0.4, 0.5) is 0 Å². The van der Waals surface area contributed by atoms with Crippen molar-refractivity contribution in [1.82, 2.24) is 0 Å². The molecule has 0 bridgehead atoms. The Morgan fingerprint density at radius 3 is 1.30 bits per heavy atom. The van der Waals surface area contributed by atoms with Crippen molar-refractivity contribution in [1.29, 1.82) is 0 Å². The Kier molecular flexibility index (Phi) is 4.91.